The van der Waals surface area contributed by atoms with Gasteiger partial charge in [0.05, 0.1) is 24.3 Å². The molecular weight excluding hydrogens is 200 g/mol. The lowest BCUT2D eigenvalue weighted by Crippen LogP contribution is -2.13. The average Bonchev–Trinajstić information content (AvgIpc) is 2.69. The van der Waals surface area contributed by atoms with E-state index in [0.29, 0.717) is 0 Å². The van der Waals surface area contributed by atoms with Crippen molar-refractivity contribution >= 4 is 0 Å². The molecule has 2 rings (SSSR count). The van der Waals surface area contributed by atoms with E-state index in [0.717, 1.165) is 17.9 Å². The highest BCUT2D eigenvalue weighted by Crippen LogP contribution is 2.12. The van der Waals surface area contributed by atoms with Crippen LogP contribution >= 0.6 is 0 Å². The highest BCUT2D eigenvalue weighted by Gasteiger charge is 2.08. The molecular formula is C12H16N4. The van der Waals surface area contributed by atoms with Gasteiger partial charge in [0.25, 0.3) is 0 Å². The zero-order chi connectivity index (χ0) is 11.5. The summed E-state index contributed by atoms with van der Waals surface area (Å²) in [6.07, 6.45) is 5.42. The molecule has 2 N–H and O–H groups in total. The van der Waals surface area contributed by atoms with Crippen molar-refractivity contribution in [3.63, 3.8) is 0 Å². The fourth-order valence-corrected chi connectivity index (χ4v) is 1.69. The predicted molar refractivity (Wildman–Crippen MR) is 62.9 cm³/mol. The molecule has 0 aliphatic heterocycles. The summed E-state index contributed by atoms with van der Waals surface area (Å²) in [7, 11) is 0. The number of aryl methyl sites for hydroxylation is 1. The molecule has 0 radical (unpaired) electrons. The predicted octanol–water partition coefficient (Wildman–Crippen LogP) is 1.65. The van der Waals surface area contributed by atoms with Gasteiger partial charge in [-0.15, -0.1) is 0 Å². The SMILES string of the molecule is Cc1cccnc1Cn1cncc1[C@H](C)N. The van der Waals surface area contributed by atoms with Gasteiger partial charge in [0.1, 0.15) is 0 Å². The van der Waals surface area contributed by atoms with E-state index < -0.39 is 0 Å². The maximum atomic E-state index is 5.87. The average molecular weight is 216 g/mol. The lowest BCUT2D eigenvalue weighted by atomic mass is 10.2. The van der Waals surface area contributed by atoms with Crippen molar-refractivity contribution in [2.24, 2.45) is 5.73 Å². The molecule has 0 aromatic carbocycles. The Bertz CT molecular complexity index is 473. The van der Waals surface area contributed by atoms with Crippen LogP contribution in [-0.4, -0.2) is 14.5 Å². The molecule has 0 spiro atoms. The first-order valence-electron chi connectivity index (χ1n) is 5.34. The highest BCUT2D eigenvalue weighted by molar-refractivity contribution is 5.19. The second-order valence-electron chi connectivity index (χ2n) is 4.00. The minimum atomic E-state index is -0.00785. The molecule has 16 heavy (non-hydrogen) atoms. The number of pyridine rings is 1. The Morgan fingerprint density at radius 1 is 1.50 bits per heavy atom. The fourth-order valence-electron chi connectivity index (χ4n) is 1.69. The highest BCUT2D eigenvalue weighted by atomic mass is 15.1. The molecule has 4 nitrogen and oxygen atoms in total. The Morgan fingerprint density at radius 2 is 2.31 bits per heavy atom. The van der Waals surface area contributed by atoms with Crippen LogP contribution < -0.4 is 5.73 Å². The number of imidazole rings is 1. The summed E-state index contributed by atoms with van der Waals surface area (Å²) in [6, 6.07) is 4.00. The summed E-state index contributed by atoms with van der Waals surface area (Å²) in [5, 5.41) is 0. The van der Waals surface area contributed by atoms with E-state index in [9.17, 15) is 0 Å². The van der Waals surface area contributed by atoms with Crippen LogP contribution in [-0.2, 0) is 6.54 Å². The Balaban J connectivity index is 2.27. The maximum absolute atomic E-state index is 5.87. The van der Waals surface area contributed by atoms with Crippen molar-refractivity contribution in [1.29, 1.82) is 0 Å². The van der Waals surface area contributed by atoms with Crippen molar-refractivity contribution in [1.82, 2.24) is 14.5 Å². The second-order valence-corrected chi connectivity index (χ2v) is 4.00. The van der Waals surface area contributed by atoms with Crippen LogP contribution in [0.3, 0.4) is 0 Å². The molecule has 1 atom stereocenters. The first-order valence-corrected chi connectivity index (χ1v) is 5.34. The Hall–Kier alpha value is -1.68. The summed E-state index contributed by atoms with van der Waals surface area (Å²) >= 11 is 0. The van der Waals surface area contributed by atoms with Crippen LogP contribution in [0.1, 0.15) is 29.9 Å². The van der Waals surface area contributed by atoms with Crippen LogP contribution in [0.25, 0.3) is 0 Å². The number of aromatic nitrogens is 3. The molecule has 0 bridgehead atoms. The third-order valence-corrected chi connectivity index (χ3v) is 2.65. The van der Waals surface area contributed by atoms with Gasteiger partial charge < -0.3 is 10.3 Å². The summed E-state index contributed by atoms with van der Waals surface area (Å²) in [5.74, 6) is 0. The third-order valence-electron chi connectivity index (χ3n) is 2.65. The van der Waals surface area contributed by atoms with Gasteiger partial charge in [0.15, 0.2) is 0 Å². The number of nitrogens with zero attached hydrogens (tertiary/aromatic N) is 3. The van der Waals surface area contributed by atoms with Gasteiger partial charge in [0.2, 0.25) is 0 Å². The molecule has 0 amide bonds. The van der Waals surface area contributed by atoms with Gasteiger partial charge in [-0.05, 0) is 25.5 Å². The number of hydrogen-bond donors (Lipinski definition) is 1. The lowest BCUT2D eigenvalue weighted by Gasteiger charge is -2.11. The van der Waals surface area contributed by atoms with Gasteiger partial charge in [-0.2, -0.15) is 0 Å². The van der Waals surface area contributed by atoms with Crippen molar-refractivity contribution < 1.29 is 0 Å². The molecule has 0 fully saturated rings. The molecule has 0 saturated heterocycles. The molecule has 2 heterocycles. The number of hydrogen-bond acceptors (Lipinski definition) is 3. The molecule has 0 saturated carbocycles. The van der Waals surface area contributed by atoms with Crippen molar-refractivity contribution in [2.45, 2.75) is 26.4 Å². The van der Waals surface area contributed by atoms with Gasteiger partial charge in [-0.1, -0.05) is 6.07 Å². The Kier molecular flexibility index (Phi) is 3.01. The van der Waals surface area contributed by atoms with Crippen LogP contribution in [0.4, 0.5) is 0 Å². The topological polar surface area (TPSA) is 56.7 Å². The Labute approximate surface area is 95.1 Å². The van der Waals surface area contributed by atoms with E-state index >= 15 is 0 Å². The van der Waals surface area contributed by atoms with E-state index in [1.165, 1.54) is 5.56 Å². The van der Waals surface area contributed by atoms with Crippen LogP contribution in [0.15, 0.2) is 30.9 Å². The van der Waals surface area contributed by atoms with Crippen LogP contribution in [0.5, 0.6) is 0 Å². The molecule has 0 aliphatic carbocycles. The van der Waals surface area contributed by atoms with Gasteiger partial charge >= 0.3 is 0 Å². The molecule has 2 aromatic rings. The maximum Gasteiger partial charge on any atom is 0.0952 e. The number of rotatable bonds is 3. The van der Waals surface area contributed by atoms with Crippen molar-refractivity contribution in [3.05, 3.63) is 47.8 Å². The van der Waals surface area contributed by atoms with E-state index in [2.05, 4.69) is 23.0 Å². The van der Waals surface area contributed by atoms with E-state index in [4.69, 9.17) is 5.73 Å². The summed E-state index contributed by atoms with van der Waals surface area (Å²) < 4.78 is 2.04. The molecule has 2 aromatic heterocycles. The fraction of sp³-hybridized carbons (Fsp3) is 0.333. The first-order chi connectivity index (χ1) is 7.68. The van der Waals surface area contributed by atoms with Gasteiger partial charge in [0, 0.05) is 18.4 Å². The summed E-state index contributed by atoms with van der Waals surface area (Å²) in [4.78, 5) is 8.49. The third kappa shape index (κ3) is 2.12. The molecule has 0 unspecified atom stereocenters. The van der Waals surface area contributed by atoms with Crippen molar-refractivity contribution in [2.75, 3.05) is 0 Å². The zero-order valence-electron chi connectivity index (χ0n) is 9.59. The second kappa shape index (κ2) is 4.45. The Morgan fingerprint density at radius 3 is 3.00 bits per heavy atom. The summed E-state index contributed by atoms with van der Waals surface area (Å²) in [5.41, 5.74) is 9.15. The quantitative estimate of drug-likeness (QED) is 0.848. The van der Waals surface area contributed by atoms with Crippen molar-refractivity contribution in [3.8, 4) is 0 Å². The molecule has 0 aliphatic rings. The molecule has 4 heteroatoms. The largest absolute Gasteiger partial charge is 0.327 e. The lowest BCUT2D eigenvalue weighted by molar-refractivity contribution is 0.663. The number of nitrogens with two attached hydrogens (primary N) is 1. The van der Waals surface area contributed by atoms with E-state index in [1.807, 2.05) is 30.0 Å². The van der Waals surface area contributed by atoms with Gasteiger partial charge in [-0.3, -0.25) is 4.98 Å². The van der Waals surface area contributed by atoms with Crippen LogP contribution in [0.2, 0.25) is 0 Å². The van der Waals surface area contributed by atoms with E-state index in [-0.39, 0.29) is 6.04 Å². The smallest absolute Gasteiger partial charge is 0.0952 e. The first kappa shape index (κ1) is 10.8. The monoisotopic (exact) mass is 216 g/mol. The zero-order valence-corrected chi connectivity index (χ0v) is 9.59. The minimum absolute atomic E-state index is 0.00785. The summed E-state index contributed by atoms with van der Waals surface area (Å²) in [6.45, 7) is 4.74. The minimum Gasteiger partial charge on any atom is -0.327 e. The van der Waals surface area contributed by atoms with Gasteiger partial charge in [-0.25, -0.2) is 4.98 Å². The molecule has 84 valence electrons. The normalized spacial score (nSPS) is 12.7. The van der Waals surface area contributed by atoms with Crippen LogP contribution in [0, 0.1) is 6.92 Å². The van der Waals surface area contributed by atoms with E-state index in [1.54, 1.807) is 6.33 Å². The standard InChI is InChI=1S/C12H16N4/c1-9-4-3-5-15-11(9)7-16-8-14-6-12(16)10(2)13/h3-6,8,10H,7,13H2,1-2H3/t10-/m0/s1.